The van der Waals surface area contributed by atoms with E-state index in [1.807, 2.05) is 30.3 Å². The van der Waals surface area contributed by atoms with Gasteiger partial charge in [0.25, 0.3) is 0 Å². The molecule has 1 N–H and O–H groups in total. The predicted octanol–water partition coefficient (Wildman–Crippen LogP) is 3.20. The molecule has 0 spiro atoms. The van der Waals surface area contributed by atoms with E-state index in [1.54, 1.807) is 12.3 Å². The number of rotatable bonds is 5. The second kappa shape index (κ2) is 5.89. The first kappa shape index (κ1) is 12.2. The van der Waals surface area contributed by atoms with Crippen molar-refractivity contribution in [2.24, 2.45) is 0 Å². The summed E-state index contributed by atoms with van der Waals surface area (Å²) in [6.07, 6.45) is 1.59. The van der Waals surface area contributed by atoms with Gasteiger partial charge in [0, 0.05) is 0 Å². The molecule has 0 amide bonds. The summed E-state index contributed by atoms with van der Waals surface area (Å²) in [7, 11) is 0. The summed E-state index contributed by atoms with van der Waals surface area (Å²) in [4.78, 5) is 0. The third kappa shape index (κ3) is 3.11. The molecule has 0 saturated heterocycles. The van der Waals surface area contributed by atoms with Gasteiger partial charge in [0.1, 0.15) is 18.1 Å². The number of aliphatic hydroxyl groups is 1. The fourth-order valence-electron chi connectivity index (χ4n) is 1.50. The molecular formula is C13H13BrO3. The van der Waals surface area contributed by atoms with E-state index in [0.717, 1.165) is 16.0 Å². The molecule has 1 heterocycles. The van der Waals surface area contributed by atoms with Gasteiger partial charge in [0.05, 0.1) is 23.3 Å². The molecule has 1 atom stereocenters. The third-order valence-electron chi connectivity index (χ3n) is 2.44. The molecule has 1 unspecified atom stereocenters. The van der Waals surface area contributed by atoms with E-state index in [1.165, 1.54) is 0 Å². The normalized spacial score (nSPS) is 12.4. The maximum atomic E-state index is 9.29. The van der Waals surface area contributed by atoms with Gasteiger partial charge in [0.15, 0.2) is 0 Å². The molecule has 0 bridgehead atoms. The molecule has 2 rings (SSSR count). The van der Waals surface area contributed by atoms with Crippen LogP contribution in [0.5, 0.6) is 5.75 Å². The van der Waals surface area contributed by atoms with Gasteiger partial charge in [-0.25, -0.2) is 0 Å². The molecule has 0 fully saturated rings. The highest BCUT2D eigenvalue weighted by Crippen LogP contribution is 2.25. The van der Waals surface area contributed by atoms with Crippen molar-refractivity contribution in [1.82, 2.24) is 0 Å². The Hall–Kier alpha value is -1.26. The fraction of sp³-hybridized carbons (Fsp3) is 0.231. The second-order valence-corrected chi connectivity index (χ2v) is 4.49. The summed E-state index contributed by atoms with van der Waals surface area (Å²) < 4.78 is 11.8. The zero-order valence-electron chi connectivity index (χ0n) is 9.17. The molecule has 4 heteroatoms. The maximum Gasteiger partial charge on any atom is 0.133 e. The fourth-order valence-corrected chi connectivity index (χ4v) is 1.90. The molecular weight excluding hydrogens is 284 g/mol. The van der Waals surface area contributed by atoms with Crippen molar-refractivity contribution >= 4 is 15.9 Å². The van der Waals surface area contributed by atoms with Crippen molar-refractivity contribution in [2.45, 2.75) is 5.92 Å². The van der Waals surface area contributed by atoms with Crippen LogP contribution in [0.25, 0.3) is 0 Å². The number of halogens is 1. The predicted molar refractivity (Wildman–Crippen MR) is 68.2 cm³/mol. The highest BCUT2D eigenvalue weighted by Gasteiger charge is 2.14. The summed E-state index contributed by atoms with van der Waals surface area (Å²) in [6, 6.07) is 11.3. The van der Waals surface area contributed by atoms with Crippen molar-refractivity contribution < 1.29 is 14.3 Å². The van der Waals surface area contributed by atoms with Crippen LogP contribution in [-0.4, -0.2) is 18.3 Å². The van der Waals surface area contributed by atoms with Crippen molar-refractivity contribution in [3.05, 3.63) is 52.9 Å². The molecule has 0 radical (unpaired) electrons. The first-order chi connectivity index (χ1) is 8.31. The van der Waals surface area contributed by atoms with Crippen LogP contribution in [-0.2, 0) is 0 Å². The number of para-hydroxylation sites is 1. The molecule has 0 aliphatic rings. The van der Waals surface area contributed by atoms with Crippen LogP contribution in [0.2, 0.25) is 0 Å². The van der Waals surface area contributed by atoms with Crippen molar-refractivity contribution in [2.75, 3.05) is 13.2 Å². The van der Waals surface area contributed by atoms with E-state index >= 15 is 0 Å². The van der Waals surface area contributed by atoms with Gasteiger partial charge >= 0.3 is 0 Å². The van der Waals surface area contributed by atoms with Crippen molar-refractivity contribution in [3.8, 4) is 5.75 Å². The minimum atomic E-state index is -0.142. The van der Waals surface area contributed by atoms with E-state index in [2.05, 4.69) is 15.9 Å². The van der Waals surface area contributed by atoms with Gasteiger partial charge in [0.2, 0.25) is 0 Å². The summed E-state index contributed by atoms with van der Waals surface area (Å²) in [5, 5.41) is 9.29. The molecule has 17 heavy (non-hydrogen) atoms. The molecule has 3 nitrogen and oxygen atoms in total. The van der Waals surface area contributed by atoms with Crippen LogP contribution < -0.4 is 4.74 Å². The topological polar surface area (TPSA) is 42.6 Å². The van der Waals surface area contributed by atoms with Gasteiger partial charge in [-0.3, -0.25) is 0 Å². The van der Waals surface area contributed by atoms with Crippen LogP contribution in [0, 0.1) is 0 Å². The van der Waals surface area contributed by atoms with Gasteiger partial charge in [-0.1, -0.05) is 12.1 Å². The van der Waals surface area contributed by atoms with E-state index in [0.29, 0.717) is 6.61 Å². The van der Waals surface area contributed by atoms with E-state index < -0.39 is 0 Å². The maximum absolute atomic E-state index is 9.29. The van der Waals surface area contributed by atoms with Gasteiger partial charge < -0.3 is 14.3 Å². The number of hydrogen-bond donors (Lipinski definition) is 1. The average molecular weight is 297 g/mol. The zero-order valence-corrected chi connectivity index (χ0v) is 10.8. The molecule has 1 aromatic carbocycles. The molecule has 0 saturated carbocycles. The number of benzene rings is 1. The summed E-state index contributed by atoms with van der Waals surface area (Å²) in [6.45, 7) is 0.380. The highest BCUT2D eigenvalue weighted by molar-refractivity contribution is 9.10. The minimum Gasteiger partial charge on any atom is -0.492 e. The SMILES string of the molecule is OCC(COc1ccccc1Br)c1ccco1. The number of aliphatic hydroxyl groups excluding tert-OH is 1. The molecule has 2 aromatic rings. The van der Waals surface area contributed by atoms with Crippen molar-refractivity contribution in [1.29, 1.82) is 0 Å². The van der Waals surface area contributed by atoms with Crippen LogP contribution >= 0.6 is 15.9 Å². The molecule has 90 valence electrons. The standard InChI is InChI=1S/C13H13BrO3/c14-11-4-1-2-5-13(11)17-9-10(8-15)12-6-3-7-16-12/h1-7,10,15H,8-9H2. The number of ether oxygens (including phenoxy) is 1. The highest BCUT2D eigenvalue weighted by atomic mass is 79.9. The molecule has 0 aliphatic carbocycles. The second-order valence-electron chi connectivity index (χ2n) is 3.64. The summed E-state index contributed by atoms with van der Waals surface area (Å²) >= 11 is 3.41. The van der Waals surface area contributed by atoms with Gasteiger partial charge in [-0.2, -0.15) is 0 Å². The van der Waals surface area contributed by atoms with Crippen LogP contribution in [0.3, 0.4) is 0 Å². The zero-order chi connectivity index (χ0) is 12.1. The Bertz CT molecular complexity index is 453. The van der Waals surface area contributed by atoms with Gasteiger partial charge in [-0.05, 0) is 40.2 Å². The smallest absolute Gasteiger partial charge is 0.133 e. The number of furan rings is 1. The quantitative estimate of drug-likeness (QED) is 0.921. The van der Waals surface area contributed by atoms with Crippen molar-refractivity contribution in [3.63, 3.8) is 0 Å². The van der Waals surface area contributed by atoms with E-state index in [-0.39, 0.29) is 12.5 Å². The lowest BCUT2D eigenvalue weighted by atomic mass is 10.1. The first-order valence-corrected chi connectivity index (χ1v) is 6.12. The van der Waals surface area contributed by atoms with Crippen LogP contribution in [0.4, 0.5) is 0 Å². The Balaban J connectivity index is 2.00. The van der Waals surface area contributed by atoms with E-state index in [9.17, 15) is 5.11 Å². The van der Waals surface area contributed by atoms with Gasteiger partial charge in [-0.15, -0.1) is 0 Å². The largest absolute Gasteiger partial charge is 0.492 e. The lowest BCUT2D eigenvalue weighted by Gasteiger charge is -2.13. The van der Waals surface area contributed by atoms with Crippen LogP contribution in [0.15, 0.2) is 51.6 Å². The Morgan fingerprint density at radius 3 is 2.71 bits per heavy atom. The average Bonchev–Trinajstić information content (AvgIpc) is 2.86. The van der Waals surface area contributed by atoms with Crippen LogP contribution in [0.1, 0.15) is 11.7 Å². The lowest BCUT2D eigenvalue weighted by Crippen LogP contribution is -2.13. The third-order valence-corrected chi connectivity index (χ3v) is 3.10. The monoisotopic (exact) mass is 296 g/mol. The molecule has 0 aliphatic heterocycles. The van der Waals surface area contributed by atoms with E-state index in [4.69, 9.17) is 9.15 Å². The Morgan fingerprint density at radius 1 is 1.24 bits per heavy atom. The summed E-state index contributed by atoms with van der Waals surface area (Å²) in [5.41, 5.74) is 0. The Morgan fingerprint density at radius 2 is 2.06 bits per heavy atom. The Labute approximate surface area is 108 Å². The first-order valence-electron chi connectivity index (χ1n) is 5.33. The minimum absolute atomic E-state index is 0.00202. The molecule has 1 aromatic heterocycles. The number of hydrogen-bond acceptors (Lipinski definition) is 3. The Kier molecular flexibility index (Phi) is 4.23. The lowest BCUT2D eigenvalue weighted by molar-refractivity contribution is 0.189. The summed E-state index contributed by atoms with van der Waals surface area (Å²) in [5.74, 6) is 1.36.